The van der Waals surface area contributed by atoms with E-state index in [2.05, 4.69) is 17.3 Å². The normalized spacial score (nSPS) is 22.2. The summed E-state index contributed by atoms with van der Waals surface area (Å²) in [5.74, 6) is 2.51. The van der Waals surface area contributed by atoms with Crippen LogP contribution >= 0.6 is 11.6 Å². The van der Waals surface area contributed by atoms with Gasteiger partial charge in [0, 0.05) is 5.02 Å². The smallest absolute Gasteiger partial charge is 0.133 e. The highest BCUT2D eigenvalue weighted by Crippen LogP contribution is 2.37. The van der Waals surface area contributed by atoms with Crippen molar-refractivity contribution in [3.8, 4) is 18.4 Å². The van der Waals surface area contributed by atoms with E-state index in [0.717, 1.165) is 24.0 Å². The van der Waals surface area contributed by atoms with Gasteiger partial charge in [0.15, 0.2) is 0 Å². The van der Waals surface area contributed by atoms with Crippen molar-refractivity contribution in [2.75, 3.05) is 6.54 Å². The van der Waals surface area contributed by atoms with E-state index in [1.807, 2.05) is 18.2 Å². The summed E-state index contributed by atoms with van der Waals surface area (Å²) in [5, 5.41) is 13.2. The zero-order chi connectivity index (χ0) is 11.6. The van der Waals surface area contributed by atoms with Gasteiger partial charge < -0.3 is 0 Å². The number of hydrogen-bond donors (Lipinski definition) is 1. The first-order valence-electron chi connectivity index (χ1n) is 5.10. The number of rotatable bonds is 2. The second-order valence-corrected chi connectivity index (χ2v) is 4.31. The van der Waals surface area contributed by atoms with Crippen molar-refractivity contribution in [3.63, 3.8) is 0 Å². The molecule has 2 rings (SSSR count). The second-order valence-electron chi connectivity index (χ2n) is 3.88. The lowest BCUT2D eigenvalue weighted by Crippen LogP contribution is -2.39. The van der Waals surface area contributed by atoms with Crippen LogP contribution in [-0.4, -0.2) is 6.54 Å². The molecule has 1 aliphatic carbocycles. The van der Waals surface area contributed by atoms with Gasteiger partial charge in [-0.2, -0.15) is 5.26 Å². The van der Waals surface area contributed by atoms with Gasteiger partial charge in [0.05, 0.1) is 12.6 Å². The summed E-state index contributed by atoms with van der Waals surface area (Å²) in [7, 11) is 0. The highest BCUT2D eigenvalue weighted by atomic mass is 35.5. The van der Waals surface area contributed by atoms with Crippen LogP contribution in [0.4, 0.5) is 0 Å². The molecule has 1 aliphatic rings. The molecule has 0 saturated carbocycles. The summed E-state index contributed by atoms with van der Waals surface area (Å²) < 4.78 is 0. The number of halogens is 1. The van der Waals surface area contributed by atoms with E-state index >= 15 is 0 Å². The fourth-order valence-corrected chi connectivity index (χ4v) is 2.38. The SMILES string of the molecule is C#CCNC1(C#N)CCc2cc(Cl)ccc21. The number of terminal acetylenes is 1. The largest absolute Gasteiger partial charge is 0.285 e. The van der Waals surface area contributed by atoms with Crippen LogP contribution < -0.4 is 5.32 Å². The number of benzene rings is 1. The summed E-state index contributed by atoms with van der Waals surface area (Å²) in [5.41, 5.74) is 1.51. The van der Waals surface area contributed by atoms with E-state index < -0.39 is 5.54 Å². The molecule has 0 spiro atoms. The third kappa shape index (κ3) is 1.67. The molecule has 0 aromatic heterocycles. The Morgan fingerprint density at radius 1 is 1.56 bits per heavy atom. The molecule has 0 saturated heterocycles. The Morgan fingerprint density at radius 3 is 3.06 bits per heavy atom. The third-order valence-electron chi connectivity index (χ3n) is 2.98. The van der Waals surface area contributed by atoms with Crippen molar-refractivity contribution in [1.29, 1.82) is 5.26 Å². The molecule has 1 N–H and O–H groups in total. The van der Waals surface area contributed by atoms with Crippen molar-refractivity contribution in [2.24, 2.45) is 0 Å². The minimum Gasteiger partial charge on any atom is -0.285 e. The molecule has 1 aromatic rings. The molecule has 0 aliphatic heterocycles. The first kappa shape index (κ1) is 11.0. The molecule has 1 aromatic carbocycles. The molecule has 16 heavy (non-hydrogen) atoms. The fourth-order valence-electron chi connectivity index (χ4n) is 2.18. The van der Waals surface area contributed by atoms with Crippen LogP contribution in [0.25, 0.3) is 0 Å². The molecule has 0 fully saturated rings. The van der Waals surface area contributed by atoms with E-state index in [1.165, 1.54) is 0 Å². The quantitative estimate of drug-likeness (QED) is 0.791. The Bertz CT molecular complexity index is 496. The van der Waals surface area contributed by atoms with Crippen molar-refractivity contribution in [3.05, 3.63) is 34.3 Å². The van der Waals surface area contributed by atoms with E-state index in [9.17, 15) is 5.26 Å². The standard InChI is InChI=1S/C13H11ClN2/c1-2-7-16-13(9-15)6-5-10-8-11(14)3-4-12(10)13/h1,3-4,8,16H,5-7H2. The van der Waals surface area contributed by atoms with Gasteiger partial charge in [-0.3, -0.25) is 5.32 Å². The average Bonchev–Trinajstić information content (AvgIpc) is 2.65. The highest BCUT2D eigenvalue weighted by molar-refractivity contribution is 6.30. The van der Waals surface area contributed by atoms with Gasteiger partial charge in [-0.05, 0) is 36.1 Å². The predicted octanol–water partition coefficient (Wildman–Crippen LogP) is 2.23. The average molecular weight is 231 g/mol. The summed E-state index contributed by atoms with van der Waals surface area (Å²) in [6, 6.07) is 7.99. The highest BCUT2D eigenvalue weighted by Gasteiger charge is 2.38. The van der Waals surface area contributed by atoms with E-state index in [-0.39, 0.29) is 0 Å². The molecule has 3 heteroatoms. The Hall–Kier alpha value is -1.48. The second kappa shape index (κ2) is 4.18. The molecule has 0 bridgehead atoms. The van der Waals surface area contributed by atoms with E-state index in [1.54, 1.807) is 0 Å². The molecule has 80 valence electrons. The first-order chi connectivity index (χ1) is 7.72. The summed E-state index contributed by atoms with van der Waals surface area (Å²) in [6.07, 6.45) is 6.83. The summed E-state index contributed by atoms with van der Waals surface area (Å²) in [6.45, 7) is 0.398. The van der Waals surface area contributed by atoms with Crippen LogP contribution in [0, 0.1) is 23.7 Å². The first-order valence-corrected chi connectivity index (χ1v) is 5.48. The lowest BCUT2D eigenvalue weighted by Gasteiger charge is -2.22. The molecule has 2 nitrogen and oxygen atoms in total. The fraction of sp³-hybridized carbons (Fsp3) is 0.308. The monoisotopic (exact) mass is 230 g/mol. The Kier molecular flexibility index (Phi) is 2.88. The van der Waals surface area contributed by atoms with Crippen LogP contribution in [0.15, 0.2) is 18.2 Å². The van der Waals surface area contributed by atoms with E-state index in [4.69, 9.17) is 18.0 Å². The number of nitrogens with zero attached hydrogens (tertiary/aromatic N) is 1. The van der Waals surface area contributed by atoms with E-state index in [0.29, 0.717) is 11.6 Å². The maximum Gasteiger partial charge on any atom is 0.133 e. The van der Waals surface area contributed by atoms with Gasteiger partial charge in [0.1, 0.15) is 5.54 Å². The van der Waals surface area contributed by atoms with Crippen LogP contribution in [0.2, 0.25) is 5.02 Å². The van der Waals surface area contributed by atoms with Gasteiger partial charge in [-0.25, -0.2) is 0 Å². The Morgan fingerprint density at radius 2 is 2.38 bits per heavy atom. The van der Waals surface area contributed by atoms with Crippen LogP contribution in [-0.2, 0) is 12.0 Å². The van der Waals surface area contributed by atoms with Gasteiger partial charge in [-0.1, -0.05) is 23.6 Å². The number of nitriles is 1. The minimum absolute atomic E-state index is 0.398. The molecular formula is C13H11ClN2. The molecule has 0 radical (unpaired) electrons. The number of fused-ring (bicyclic) bond motifs is 1. The zero-order valence-electron chi connectivity index (χ0n) is 8.76. The molecule has 1 atom stereocenters. The number of hydrogen-bond acceptors (Lipinski definition) is 2. The molecule has 0 heterocycles. The Labute approximate surface area is 100 Å². The zero-order valence-corrected chi connectivity index (χ0v) is 9.51. The molecule has 0 amide bonds. The third-order valence-corrected chi connectivity index (χ3v) is 3.21. The maximum absolute atomic E-state index is 9.35. The number of aryl methyl sites for hydroxylation is 1. The van der Waals surface area contributed by atoms with Gasteiger partial charge in [-0.15, -0.1) is 6.42 Å². The van der Waals surface area contributed by atoms with Crippen LogP contribution in [0.5, 0.6) is 0 Å². The lowest BCUT2D eigenvalue weighted by molar-refractivity contribution is 0.450. The molecular weight excluding hydrogens is 220 g/mol. The van der Waals surface area contributed by atoms with Gasteiger partial charge in [0.2, 0.25) is 0 Å². The van der Waals surface area contributed by atoms with Crippen molar-refractivity contribution in [2.45, 2.75) is 18.4 Å². The van der Waals surface area contributed by atoms with Crippen molar-refractivity contribution in [1.82, 2.24) is 5.32 Å². The maximum atomic E-state index is 9.35. The predicted molar refractivity (Wildman–Crippen MR) is 63.9 cm³/mol. The van der Waals surface area contributed by atoms with Crippen molar-refractivity contribution >= 4 is 11.6 Å². The number of nitrogens with one attached hydrogen (secondary N) is 1. The van der Waals surface area contributed by atoms with Crippen molar-refractivity contribution < 1.29 is 0 Å². The Balaban J connectivity index is 2.41. The van der Waals surface area contributed by atoms with Gasteiger partial charge >= 0.3 is 0 Å². The van der Waals surface area contributed by atoms with Crippen LogP contribution in [0.3, 0.4) is 0 Å². The van der Waals surface area contributed by atoms with Crippen LogP contribution in [0.1, 0.15) is 17.5 Å². The summed E-state index contributed by atoms with van der Waals surface area (Å²) in [4.78, 5) is 0. The van der Waals surface area contributed by atoms with Gasteiger partial charge in [0.25, 0.3) is 0 Å². The topological polar surface area (TPSA) is 35.8 Å². The minimum atomic E-state index is -0.633. The lowest BCUT2D eigenvalue weighted by atomic mass is 9.93. The summed E-state index contributed by atoms with van der Waals surface area (Å²) >= 11 is 5.93. The molecule has 1 unspecified atom stereocenters.